The lowest BCUT2D eigenvalue weighted by molar-refractivity contribution is 0.187. The largest absolute Gasteiger partial charge is 0.379 e. The van der Waals surface area contributed by atoms with Gasteiger partial charge in [0.05, 0.1) is 11.5 Å². The first-order valence-electron chi connectivity index (χ1n) is 5.09. The second kappa shape index (κ2) is 4.75. The second-order valence-corrected chi connectivity index (χ2v) is 4.68. The molecule has 0 bridgehead atoms. The number of aromatic nitrogens is 1. The van der Waals surface area contributed by atoms with Gasteiger partial charge in [-0.3, -0.25) is 0 Å². The third-order valence-corrected chi connectivity index (χ3v) is 3.49. The molecule has 0 aliphatic carbocycles. The summed E-state index contributed by atoms with van der Waals surface area (Å²) >= 11 is 1.75. The summed E-state index contributed by atoms with van der Waals surface area (Å²) < 4.78 is 5.08. The van der Waals surface area contributed by atoms with E-state index in [4.69, 9.17) is 4.74 Å². The van der Waals surface area contributed by atoms with Crippen molar-refractivity contribution in [3.63, 3.8) is 0 Å². The summed E-state index contributed by atoms with van der Waals surface area (Å²) in [5, 5.41) is 1.16. The smallest absolute Gasteiger partial charge is 0.185 e. The molecule has 0 N–H and O–H groups in total. The summed E-state index contributed by atoms with van der Waals surface area (Å²) in [6, 6.07) is 0. The number of ether oxygens (including phenoxy) is 1. The van der Waals surface area contributed by atoms with Crippen LogP contribution in [0.4, 0.5) is 5.13 Å². The van der Waals surface area contributed by atoms with Gasteiger partial charge < -0.3 is 9.64 Å². The van der Waals surface area contributed by atoms with Crippen LogP contribution in [0.25, 0.3) is 0 Å². The van der Waals surface area contributed by atoms with Crippen molar-refractivity contribution in [2.75, 3.05) is 25.1 Å². The third kappa shape index (κ3) is 2.25. The monoisotopic (exact) mass is 212 g/mol. The first kappa shape index (κ1) is 9.93. The second-order valence-electron chi connectivity index (χ2n) is 3.59. The summed E-state index contributed by atoms with van der Waals surface area (Å²) in [6.07, 6.45) is 5.91. The molecule has 0 radical (unpaired) electrons. The van der Waals surface area contributed by atoms with Crippen LogP contribution in [0.15, 0.2) is 6.20 Å². The van der Waals surface area contributed by atoms with Crippen molar-refractivity contribution < 1.29 is 4.74 Å². The molecule has 1 fully saturated rings. The van der Waals surface area contributed by atoms with Gasteiger partial charge in [-0.05, 0) is 19.3 Å². The summed E-state index contributed by atoms with van der Waals surface area (Å²) in [6.45, 7) is 3.02. The molecule has 0 unspecified atom stereocenters. The molecule has 1 aliphatic rings. The van der Waals surface area contributed by atoms with Gasteiger partial charge in [0.25, 0.3) is 0 Å². The lowest BCUT2D eigenvalue weighted by Gasteiger charge is -2.25. The Kier molecular flexibility index (Phi) is 3.37. The standard InChI is InChI=1S/C10H16N2OS/c1-13-8-9-7-11-10(14-9)12-5-3-2-4-6-12/h7H,2-6,8H2,1H3. The van der Waals surface area contributed by atoms with Crippen LogP contribution in [0.1, 0.15) is 24.1 Å². The van der Waals surface area contributed by atoms with Crippen molar-refractivity contribution in [3.8, 4) is 0 Å². The van der Waals surface area contributed by atoms with Crippen molar-refractivity contribution in [1.82, 2.24) is 4.98 Å². The zero-order valence-corrected chi connectivity index (χ0v) is 9.35. The highest BCUT2D eigenvalue weighted by Crippen LogP contribution is 2.25. The topological polar surface area (TPSA) is 25.4 Å². The lowest BCUT2D eigenvalue weighted by Crippen LogP contribution is -2.29. The van der Waals surface area contributed by atoms with Crippen molar-refractivity contribution in [1.29, 1.82) is 0 Å². The van der Waals surface area contributed by atoms with Crippen molar-refractivity contribution in [2.24, 2.45) is 0 Å². The van der Waals surface area contributed by atoms with E-state index in [1.807, 2.05) is 6.20 Å². The highest BCUT2D eigenvalue weighted by molar-refractivity contribution is 7.15. The fourth-order valence-electron chi connectivity index (χ4n) is 1.74. The third-order valence-electron chi connectivity index (χ3n) is 2.45. The van der Waals surface area contributed by atoms with Crippen LogP contribution in [0.5, 0.6) is 0 Å². The van der Waals surface area contributed by atoms with Crippen LogP contribution in [-0.2, 0) is 11.3 Å². The van der Waals surface area contributed by atoms with E-state index in [2.05, 4.69) is 9.88 Å². The molecule has 1 aromatic rings. The Balaban J connectivity index is 2.00. The fourth-order valence-corrected chi connectivity index (χ4v) is 2.67. The molecule has 1 aromatic heterocycles. The summed E-state index contributed by atoms with van der Waals surface area (Å²) in [5.41, 5.74) is 0. The maximum atomic E-state index is 5.08. The van der Waals surface area contributed by atoms with E-state index >= 15 is 0 Å². The van der Waals surface area contributed by atoms with Crippen LogP contribution in [0.2, 0.25) is 0 Å². The quantitative estimate of drug-likeness (QED) is 0.768. The van der Waals surface area contributed by atoms with Gasteiger partial charge in [-0.25, -0.2) is 4.98 Å². The summed E-state index contributed by atoms with van der Waals surface area (Å²) in [4.78, 5) is 8.02. The number of anilines is 1. The molecule has 0 amide bonds. The molecular weight excluding hydrogens is 196 g/mol. The number of hydrogen-bond donors (Lipinski definition) is 0. The zero-order valence-electron chi connectivity index (χ0n) is 8.53. The maximum Gasteiger partial charge on any atom is 0.185 e. The average Bonchev–Trinajstić information content (AvgIpc) is 2.68. The van der Waals surface area contributed by atoms with Crippen molar-refractivity contribution in [3.05, 3.63) is 11.1 Å². The van der Waals surface area contributed by atoms with Crippen LogP contribution >= 0.6 is 11.3 Å². The van der Waals surface area contributed by atoms with Crippen LogP contribution in [0.3, 0.4) is 0 Å². The molecule has 1 aliphatic heterocycles. The Bertz CT molecular complexity index is 281. The maximum absolute atomic E-state index is 5.08. The van der Waals surface area contributed by atoms with Gasteiger partial charge in [-0.1, -0.05) is 11.3 Å². The zero-order chi connectivity index (χ0) is 9.80. The number of hydrogen-bond acceptors (Lipinski definition) is 4. The molecule has 0 aromatic carbocycles. The van der Waals surface area contributed by atoms with E-state index in [0.717, 1.165) is 5.13 Å². The van der Waals surface area contributed by atoms with Gasteiger partial charge in [0.15, 0.2) is 5.13 Å². The van der Waals surface area contributed by atoms with Gasteiger partial charge in [0.2, 0.25) is 0 Å². The first-order chi connectivity index (χ1) is 6.90. The molecule has 1 saturated heterocycles. The molecule has 4 heteroatoms. The van der Waals surface area contributed by atoms with E-state index in [-0.39, 0.29) is 0 Å². The first-order valence-corrected chi connectivity index (χ1v) is 5.90. The molecule has 2 rings (SSSR count). The molecule has 0 spiro atoms. The van der Waals surface area contributed by atoms with Crippen LogP contribution < -0.4 is 4.90 Å². The van der Waals surface area contributed by atoms with Crippen LogP contribution in [-0.4, -0.2) is 25.2 Å². The Morgan fingerprint density at radius 3 is 2.93 bits per heavy atom. The molecule has 2 heterocycles. The Labute approximate surface area is 88.7 Å². The molecule has 14 heavy (non-hydrogen) atoms. The number of piperidine rings is 1. The Morgan fingerprint density at radius 2 is 2.21 bits per heavy atom. The van der Waals surface area contributed by atoms with Crippen LogP contribution in [0, 0.1) is 0 Å². The highest BCUT2D eigenvalue weighted by Gasteiger charge is 2.13. The summed E-state index contributed by atoms with van der Waals surface area (Å²) in [7, 11) is 1.72. The number of nitrogens with zero attached hydrogens (tertiary/aromatic N) is 2. The van der Waals surface area contributed by atoms with E-state index in [1.165, 1.54) is 37.2 Å². The predicted octanol–water partition coefficient (Wildman–Crippen LogP) is 2.28. The van der Waals surface area contributed by atoms with E-state index < -0.39 is 0 Å². The number of thiazole rings is 1. The van der Waals surface area contributed by atoms with Gasteiger partial charge in [0.1, 0.15) is 0 Å². The highest BCUT2D eigenvalue weighted by atomic mass is 32.1. The molecule has 0 saturated carbocycles. The summed E-state index contributed by atoms with van der Waals surface area (Å²) in [5.74, 6) is 0. The SMILES string of the molecule is COCc1cnc(N2CCCCC2)s1. The molecule has 3 nitrogen and oxygen atoms in total. The Hall–Kier alpha value is -0.610. The Morgan fingerprint density at radius 1 is 1.43 bits per heavy atom. The van der Waals surface area contributed by atoms with Gasteiger partial charge >= 0.3 is 0 Å². The predicted molar refractivity (Wildman–Crippen MR) is 58.9 cm³/mol. The normalized spacial score (nSPS) is 17.4. The fraction of sp³-hybridized carbons (Fsp3) is 0.700. The molecular formula is C10H16N2OS. The average molecular weight is 212 g/mol. The molecule has 0 atom stereocenters. The van der Waals surface area contributed by atoms with Gasteiger partial charge in [-0.15, -0.1) is 0 Å². The van der Waals surface area contributed by atoms with Crippen molar-refractivity contribution >= 4 is 16.5 Å². The minimum absolute atomic E-state index is 0.686. The van der Waals surface area contributed by atoms with Gasteiger partial charge in [-0.2, -0.15) is 0 Å². The number of methoxy groups -OCH3 is 1. The minimum Gasteiger partial charge on any atom is -0.379 e. The van der Waals surface area contributed by atoms with Crippen molar-refractivity contribution in [2.45, 2.75) is 25.9 Å². The molecule has 78 valence electrons. The van der Waals surface area contributed by atoms with E-state index in [0.29, 0.717) is 6.61 Å². The van der Waals surface area contributed by atoms with Gasteiger partial charge in [0, 0.05) is 26.4 Å². The van der Waals surface area contributed by atoms with E-state index in [1.54, 1.807) is 18.4 Å². The lowest BCUT2D eigenvalue weighted by atomic mass is 10.1. The number of rotatable bonds is 3. The minimum atomic E-state index is 0.686. The van der Waals surface area contributed by atoms with E-state index in [9.17, 15) is 0 Å².